The average molecular weight is 384 g/mol. The number of carbonyl (C=O) groups excluding carboxylic acids is 1. The van der Waals surface area contributed by atoms with Gasteiger partial charge in [-0.25, -0.2) is 15.2 Å². The van der Waals surface area contributed by atoms with Gasteiger partial charge in [0.15, 0.2) is 0 Å². The third-order valence-corrected chi connectivity index (χ3v) is 5.50. The zero-order valence-corrected chi connectivity index (χ0v) is 15.9. The summed E-state index contributed by atoms with van der Waals surface area (Å²) in [5, 5.41) is 0. The van der Waals surface area contributed by atoms with E-state index in [1.165, 1.54) is 12.1 Å². The summed E-state index contributed by atoms with van der Waals surface area (Å²) >= 11 is 0. The lowest BCUT2D eigenvalue weighted by molar-refractivity contribution is -0.133. The molecule has 2 aliphatic heterocycles. The Morgan fingerprint density at radius 3 is 2.46 bits per heavy atom. The number of hydrazine groups is 1. The highest BCUT2D eigenvalue weighted by Gasteiger charge is 2.35. The molecule has 2 aromatic carbocycles. The SMILES string of the molecule is COc1ccccc1C1CC(C(=O)N2CCN(c3ccc(F)cc3)CC2)NN1. The summed E-state index contributed by atoms with van der Waals surface area (Å²) in [4.78, 5) is 17.0. The molecule has 2 atom stereocenters. The number of halogens is 1. The topological polar surface area (TPSA) is 56.8 Å². The maximum absolute atomic E-state index is 13.1. The van der Waals surface area contributed by atoms with E-state index in [2.05, 4.69) is 15.8 Å². The molecule has 0 radical (unpaired) electrons. The van der Waals surface area contributed by atoms with E-state index in [4.69, 9.17) is 4.74 Å². The Kier molecular flexibility index (Phi) is 5.45. The van der Waals surface area contributed by atoms with Gasteiger partial charge in [-0.05, 0) is 36.8 Å². The minimum atomic E-state index is -0.257. The number of methoxy groups -OCH3 is 1. The quantitative estimate of drug-likeness (QED) is 0.846. The summed E-state index contributed by atoms with van der Waals surface area (Å²) in [7, 11) is 1.66. The molecule has 6 nitrogen and oxygen atoms in total. The molecule has 2 saturated heterocycles. The molecule has 1 amide bonds. The van der Waals surface area contributed by atoms with Gasteiger partial charge in [0.25, 0.3) is 0 Å². The predicted molar refractivity (Wildman–Crippen MR) is 106 cm³/mol. The van der Waals surface area contributed by atoms with Crippen LogP contribution in [0, 0.1) is 5.82 Å². The van der Waals surface area contributed by atoms with Crippen molar-refractivity contribution in [3.63, 3.8) is 0 Å². The predicted octanol–water partition coefficient (Wildman–Crippen LogP) is 2.09. The molecular weight excluding hydrogens is 359 g/mol. The summed E-state index contributed by atoms with van der Waals surface area (Å²) in [5.41, 5.74) is 8.43. The summed E-state index contributed by atoms with van der Waals surface area (Å²) < 4.78 is 18.5. The van der Waals surface area contributed by atoms with E-state index in [0.717, 1.165) is 30.1 Å². The van der Waals surface area contributed by atoms with Crippen LogP contribution in [0.5, 0.6) is 5.75 Å². The summed E-state index contributed by atoms with van der Waals surface area (Å²) in [6, 6.07) is 14.2. The lowest BCUT2D eigenvalue weighted by Gasteiger charge is -2.37. The van der Waals surface area contributed by atoms with Gasteiger partial charge in [-0.2, -0.15) is 0 Å². The molecule has 0 spiro atoms. The zero-order chi connectivity index (χ0) is 19.5. The molecule has 0 aromatic heterocycles. The first-order valence-corrected chi connectivity index (χ1v) is 9.59. The van der Waals surface area contributed by atoms with Crippen LogP contribution in [0.25, 0.3) is 0 Å². The van der Waals surface area contributed by atoms with Crippen molar-refractivity contribution in [1.82, 2.24) is 15.8 Å². The minimum Gasteiger partial charge on any atom is -0.496 e. The molecule has 2 aromatic rings. The molecule has 2 heterocycles. The second kappa shape index (κ2) is 8.16. The van der Waals surface area contributed by atoms with Gasteiger partial charge in [-0.3, -0.25) is 4.79 Å². The number of anilines is 1. The summed E-state index contributed by atoms with van der Waals surface area (Å²) in [5.74, 6) is 0.702. The van der Waals surface area contributed by atoms with E-state index in [0.29, 0.717) is 19.5 Å². The fourth-order valence-electron chi connectivity index (χ4n) is 3.93. The molecule has 0 aliphatic carbocycles. The lowest BCUT2D eigenvalue weighted by atomic mass is 10.0. The third kappa shape index (κ3) is 3.81. The van der Waals surface area contributed by atoms with E-state index in [9.17, 15) is 9.18 Å². The number of nitrogens with zero attached hydrogens (tertiary/aromatic N) is 2. The van der Waals surface area contributed by atoms with Crippen molar-refractivity contribution in [2.24, 2.45) is 0 Å². The second-order valence-corrected chi connectivity index (χ2v) is 7.16. The molecule has 148 valence electrons. The van der Waals surface area contributed by atoms with Gasteiger partial charge >= 0.3 is 0 Å². The van der Waals surface area contributed by atoms with Crippen molar-refractivity contribution in [3.8, 4) is 5.75 Å². The lowest BCUT2D eigenvalue weighted by Crippen LogP contribution is -2.53. The molecule has 4 rings (SSSR count). The number of para-hydroxylation sites is 1. The average Bonchev–Trinajstić information content (AvgIpc) is 3.24. The number of hydrogen-bond acceptors (Lipinski definition) is 5. The van der Waals surface area contributed by atoms with Crippen LogP contribution in [0.15, 0.2) is 48.5 Å². The van der Waals surface area contributed by atoms with Gasteiger partial charge in [0.2, 0.25) is 5.91 Å². The van der Waals surface area contributed by atoms with Crippen LogP contribution in [-0.4, -0.2) is 50.1 Å². The van der Waals surface area contributed by atoms with Crippen LogP contribution in [0.3, 0.4) is 0 Å². The van der Waals surface area contributed by atoms with Gasteiger partial charge in [-0.1, -0.05) is 18.2 Å². The normalized spacial score (nSPS) is 22.4. The van der Waals surface area contributed by atoms with Crippen molar-refractivity contribution in [2.75, 3.05) is 38.2 Å². The fourth-order valence-corrected chi connectivity index (χ4v) is 3.93. The van der Waals surface area contributed by atoms with Crippen LogP contribution < -0.4 is 20.5 Å². The van der Waals surface area contributed by atoms with E-state index < -0.39 is 0 Å². The Morgan fingerprint density at radius 2 is 1.75 bits per heavy atom. The van der Waals surface area contributed by atoms with Crippen LogP contribution in [0.1, 0.15) is 18.0 Å². The number of piperazine rings is 1. The summed E-state index contributed by atoms with van der Waals surface area (Å²) in [6.07, 6.45) is 0.678. The van der Waals surface area contributed by atoms with Crippen LogP contribution in [0.2, 0.25) is 0 Å². The maximum Gasteiger partial charge on any atom is 0.241 e. The van der Waals surface area contributed by atoms with Crippen molar-refractivity contribution < 1.29 is 13.9 Å². The molecule has 2 aliphatic rings. The van der Waals surface area contributed by atoms with E-state index in [-0.39, 0.29) is 23.8 Å². The second-order valence-electron chi connectivity index (χ2n) is 7.16. The summed E-state index contributed by atoms with van der Waals surface area (Å²) in [6.45, 7) is 2.81. The molecule has 28 heavy (non-hydrogen) atoms. The Labute approximate surface area is 164 Å². The standard InChI is InChI=1S/C21H25FN4O2/c1-28-20-5-3-2-4-17(20)18-14-19(24-23-18)21(27)26-12-10-25(11-13-26)16-8-6-15(22)7-9-16/h2-9,18-19,23-24H,10-14H2,1H3. The first-order chi connectivity index (χ1) is 13.7. The number of amides is 1. The first kappa shape index (κ1) is 18.7. The van der Waals surface area contributed by atoms with Gasteiger partial charge < -0.3 is 14.5 Å². The molecule has 7 heteroatoms. The molecule has 2 fully saturated rings. The van der Waals surface area contributed by atoms with Crippen molar-refractivity contribution in [3.05, 3.63) is 59.9 Å². The third-order valence-electron chi connectivity index (χ3n) is 5.50. The van der Waals surface area contributed by atoms with Gasteiger partial charge in [-0.15, -0.1) is 0 Å². The number of hydrogen-bond donors (Lipinski definition) is 2. The Hall–Kier alpha value is -2.64. The van der Waals surface area contributed by atoms with E-state index in [1.807, 2.05) is 29.2 Å². The molecular formula is C21H25FN4O2. The Bertz CT molecular complexity index is 821. The number of ether oxygens (including phenoxy) is 1. The van der Waals surface area contributed by atoms with Gasteiger partial charge in [0.05, 0.1) is 13.2 Å². The van der Waals surface area contributed by atoms with Crippen LogP contribution in [-0.2, 0) is 4.79 Å². The van der Waals surface area contributed by atoms with Crippen molar-refractivity contribution >= 4 is 11.6 Å². The van der Waals surface area contributed by atoms with Crippen LogP contribution >= 0.6 is 0 Å². The maximum atomic E-state index is 13.1. The fraction of sp³-hybridized carbons (Fsp3) is 0.381. The smallest absolute Gasteiger partial charge is 0.241 e. The number of benzene rings is 2. The minimum absolute atomic E-state index is 0.0330. The first-order valence-electron chi connectivity index (χ1n) is 9.59. The number of carbonyl (C=O) groups is 1. The molecule has 2 unspecified atom stereocenters. The largest absolute Gasteiger partial charge is 0.496 e. The number of nitrogens with one attached hydrogen (secondary N) is 2. The van der Waals surface area contributed by atoms with Gasteiger partial charge in [0, 0.05) is 37.4 Å². The molecule has 0 saturated carbocycles. The Balaban J connectivity index is 1.34. The van der Waals surface area contributed by atoms with E-state index in [1.54, 1.807) is 19.2 Å². The Morgan fingerprint density at radius 1 is 1.04 bits per heavy atom. The molecule has 2 N–H and O–H groups in total. The highest BCUT2D eigenvalue weighted by atomic mass is 19.1. The highest BCUT2D eigenvalue weighted by molar-refractivity contribution is 5.82. The highest BCUT2D eigenvalue weighted by Crippen LogP contribution is 2.30. The van der Waals surface area contributed by atoms with Crippen molar-refractivity contribution in [2.45, 2.75) is 18.5 Å². The van der Waals surface area contributed by atoms with E-state index >= 15 is 0 Å². The molecule has 0 bridgehead atoms. The van der Waals surface area contributed by atoms with Crippen molar-refractivity contribution in [1.29, 1.82) is 0 Å². The van der Waals surface area contributed by atoms with Gasteiger partial charge in [0.1, 0.15) is 17.6 Å². The van der Waals surface area contributed by atoms with Crippen LogP contribution in [0.4, 0.5) is 10.1 Å². The zero-order valence-electron chi connectivity index (χ0n) is 15.9. The monoisotopic (exact) mass is 384 g/mol. The number of rotatable bonds is 4.